The predicted molar refractivity (Wildman–Crippen MR) is 57.9 cm³/mol. The number of ether oxygens (including phenoxy) is 1. The first kappa shape index (κ1) is 10.7. The Kier molecular flexibility index (Phi) is 2.90. The number of benzene rings is 1. The maximum atomic E-state index is 11.1. The molecule has 0 aliphatic heterocycles. The highest BCUT2D eigenvalue weighted by atomic mass is 16.5. The van der Waals surface area contributed by atoms with E-state index in [-0.39, 0.29) is 0 Å². The summed E-state index contributed by atoms with van der Waals surface area (Å²) < 4.78 is 4.31. The van der Waals surface area contributed by atoms with E-state index in [1.807, 2.05) is 18.2 Å². The molecule has 1 aliphatic rings. The molecule has 1 N–H and O–H groups in total. The van der Waals surface area contributed by atoms with E-state index in [1.54, 1.807) is 0 Å². The normalized spacial score (nSPS) is 16.9. The Morgan fingerprint density at radius 3 is 2.88 bits per heavy atom. The van der Waals surface area contributed by atoms with E-state index < -0.39 is 11.9 Å². The highest BCUT2D eigenvalue weighted by molar-refractivity contribution is 6.32. The van der Waals surface area contributed by atoms with Gasteiger partial charge in [0.05, 0.1) is 7.11 Å². The van der Waals surface area contributed by atoms with Gasteiger partial charge in [0.1, 0.15) is 0 Å². The number of esters is 1. The van der Waals surface area contributed by atoms with Gasteiger partial charge >= 0.3 is 11.9 Å². The molecule has 2 rings (SSSR count). The van der Waals surface area contributed by atoms with Crippen LogP contribution >= 0.6 is 0 Å². The van der Waals surface area contributed by atoms with Crippen molar-refractivity contribution in [2.24, 2.45) is 0 Å². The lowest BCUT2D eigenvalue weighted by Crippen LogP contribution is -2.37. The van der Waals surface area contributed by atoms with Crippen molar-refractivity contribution in [3.8, 4) is 0 Å². The minimum Gasteiger partial charge on any atom is -0.462 e. The van der Waals surface area contributed by atoms with Crippen molar-refractivity contribution in [3.05, 3.63) is 35.4 Å². The summed E-state index contributed by atoms with van der Waals surface area (Å²) in [5.74, 6) is -1.19. The lowest BCUT2D eigenvalue weighted by molar-refractivity contribution is -0.152. The molecular formula is C12H13NO3. The summed E-state index contributed by atoms with van der Waals surface area (Å²) in [6.45, 7) is 0.491. The number of carbonyl (C=O) groups excluding carboxylic acids is 2. The Labute approximate surface area is 93.6 Å². The van der Waals surface area contributed by atoms with Crippen LogP contribution in [-0.4, -0.2) is 25.5 Å². The molecule has 84 valence electrons. The van der Waals surface area contributed by atoms with Crippen molar-refractivity contribution >= 4 is 11.9 Å². The molecule has 0 saturated heterocycles. The van der Waals surface area contributed by atoms with Gasteiger partial charge in [-0.05, 0) is 17.5 Å². The molecule has 0 saturated carbocycles. The molecule has 0 bridgehead atoms. The zero-order valence-electron chi connectivity index (χ0n) is 9.03. The summed E-state index contributed by atoms with van der Waals surface area (Å²) >= 11 is 0. The standard InChI is InChI=1S/C12H13NO3/c1-16-12(15)11(14)13-7-9-6-8-4-2-3-5-10(8)9/h2-5,9H,6-7H2,1H3,(H,13,14). The minimum absolute atomic E-state index is 0.324. The highest BCUT2D eigenvalue weighted by Crippen LogP contribution is 2.33. The number of hydrogen-bond donors (Lipinski definition) is 1. The smallest absolute Gasteiger partial charge is 0.396 e. The summed E-state index contributed by atoms with van der Waals surface area (Å²) in [5.41, 5.74) is 2.58. The number of fused-ring (bicyclic) bond motifs is 1. The third kappa shape index (κ3) is 1.91. The van der Waals surface area contributed by atoms with Crippen LogP contribution in [0.2, 0.25) is 0 Å². The summed E-state index contributed by atoms with van der Waals surface area (Å²) in [6.07, 6.45) is 0.956. The van der Waals surface area contributed by atoms with Crippen LogP contribution < -0.4 is 5.32 Å². The van der Waals surface area contributed by atoms with E-state index in [1.165, 1.54) is 18.2 Å². The Bertz CT molecular complexity index is 428. The highest BCUT2D eigenvalue weighted by Gasteiger charge is 2.26. The fourth-order valence-electron chi connectivity index (χ4n) is 1.93. The molecule has 0 spiro atoms. The van der Waals surface area contributed by atoms with Gasteiger partial charge in [0, 0.05) is 12.5 Å². The molecule has 1 aromatic rings. The van der Waals surface area contributed by atoms with E-state index in [0.717, 1.165) is 6.42 Å². The van der Waals surface area contributed by atoms with Crippen LogP contribution in [0.3, 0.4) is 0 Å². The van der Waals surface area contributed by atoms with Gasteiger partial charge in [-0.1, -0.05) is 24.3 Å². The zero-order valence-corrected chi connectivity index (χ0v) is 9.03. The first-order chi connectivity index (χ1) is 7.72. The number of hydrogen-bond acceptors (Lipinski definition) is 3. The van der Waals surface area contributed by atoms with Crippen LogP contribution in [0.5, 0.6) is 0 Å². The van der Waals surface area contributed by atoms with Gasteiger partial charge in [0.15, 0.2) is 0 Å². The van der Waals surface area contributed by atoms with Gasteiger partial charge in [-0.3, -0.25) is 4.79 Å². The number of carbonyl (C=O) groups is 2. The Morgan fingerprint density at radius 1 is 1.44 bits per heavy atom. The van der Waals surface area contributed by atoms with Crippen LogP contribution in [0, 0.1) is 0 Å². The van der Waals surface area contributed by atoms with E-state index >= 15 is 0 Å². The number of nitrogens with one attached hydrogen (secondary N) is 1. The zero-order chi connectivity index (χ0) is 11.5. The van der Waals surface area contributed by atoms with Crippen molar-refractivity contribution in [1.29, 1.82) is 0 Å². The average molecular weight is 219 g/mol. The first-order valence-electron chi connectivity index (χ1n) is 5.16. The molecule has 1 atom stereocenters. The van der Waals surface area contributed by atoms with E-state index in [4.69, 9.17) is 0 Å². The van der Waals surface area contributed by atoms with Gasteiger partial charge in [0.2, 0.25) is 0 Å². The SMILES string of the molecule is COC(=O)C(=O)NCC1Cc2ccccc21. The fraction of sp³-hybridized carbons (Fsp3) is 0.333. The number of amides is 1. The van der Waals surface area contributed by atoms with Crippen molar-refractivity contribution in [3.63, 3.8) is 0 Å². The Morgan fingerprint density at radius 2 is 2.19 bits per heavy atom. The molecule has 4 heteroatoms. The van der Waals surface area contributed by atoms with E-state index in [0.29, 0.717) is 12.5 Å². The van der Waals surface area contributed by atoms with Crippen LogP contribution in [0.1, 0.15) is 17.0 Å². The number of rotatable bonds is 2. The first-order valence-corrected chi connectivity index (χ1v) is 5.16. The second-order valence-corrected chi connectivity index (χ2v) is 3.80. The molecule has 0 aromatic heterocycles. The van der Waals surface area contributed by atoms with Crippen LogP contribution in [0.25, 0.3) is 0 Å². The molecule has 0 heterocycles. The molecule has 0 radical (unpaired) electrons. The second kappa shape index (κ2) is 4.35. The maximum absolute atomic E-state index is 11.1. The topological polar surface area (TPSA) is 55.4 Å². The third-order valence-corrected chi connectivity index (χ3v) is 2.84. The molecule has 1 unspecified atom stereocenters. The van der Waals surface area contributed by atoms with Gasteiger partial charge in [0.25, 0.3) is 0 Å². The van der Waals surface area contributed by atoms with E-state index in [9.17, 15) is 9.59 Å². The van der Waals surface area contributed by atoms with Crippen LogP contribution in [-0.2, 0) is 20.7 Å². The fourth-order valence-corrected chi connectivity index (χ4v) is 1.93. The van der Waals surface area contributed by atoms with Gasteiger partial charge in [-0.25, -0.2) is 4.79 Å². The van der Waals surface area contributed by atoms with Crippen molar-refractivity contribution in [1.82, 2.24) is 5.32 Å². The lowest BCUT2D eigenvalue weighted by atomic mass is 9.77. The molecule has 1 amide bonds. The summed E-state index contributed by atoms with van der Waals surface area (Å²) in [7, 11) is 1.20. The summed E-state index contributed by atoms with van der Waals surface area (Å²) in [4.78, 5) is 22.0. The second-order valence-electron chi connectivity index (χ2n) is 3.80. The van der Waals surface area contributed by atoms with Gasteiger partial charge in [-0.15, -0.1) is 0 Å². The molecule has 1 aromatic carbocycles. The Hall–Kier alpha value is -1.84. The van der Waals surface area contributed by atoms with Crippen LogP contribution in [0.15, 0.2) is 24.3 Å². The maximum Gasteiger partial charge on any atom is 0.396 e. The monoisotopic (exact) mass is 219 g/mol. The van der Waals surface area contributed by atoms with Crippen molar-refractivity contribution in [2.45, 2.75) is 12.3 Å². The number of methoxy groups -OCH3 is 1. The molecular weight excluding hydrogens is 206 g/mol. The molecule has 16 heavy (non-hydrogen) atoms. The van der Waals surface area contributed by atoms with Crippen LogP contribution in [0.4, 0.5) is 0 Å². The largest absolute Gasteiger partial charge is 0.462 e. The van der Waals surface area contributed by atoms with Gasteiger partial charge < -0.3 is 10.1 Å². The summed E-state index contributed by atoms with van der Waals surface area (Å²) in [5, 5.41) is 2.56. The molecule has 1 aliphatic carbocycles. The van der Waals surface area contributed by atoms with Crippen molar-refractivity contribution < 1.29 is 14.3 Å². The molecule has 0 fully saturated rings. The molecule has 4 nitrogen and oxygen atoms in total. The summed E-state index contributed by atoms with van der Waals surface area (Å²) in [6, 6.07) is 8.11. The predicted octanol–water partition coefficient (Wildman–Crippen LogP) is 0.615. The average Bonchev–Trinajstić information content (AvgIpc) is 2.29. The lowest BCUT2D eigenvalue weighted by Gasteiger charge is -2.29. The quantitative estimate of drug-likeness (QED) is 0.586. The third-order valence-electron chi connectivity index (χ3n) is 2.84. The minimum atomic E-state index is -0.840. The Balaban J connectivity index is 1.86. The van der Waals surface area contributed by atoms with E-state index in [2.05, 4.69) is 16.1 Å². The van der Waals surface area contributed by atoms with Gasteiger partial charge in [-0.2, -0.15) is 0 Å². The van der Waals surface area contributed by atoms with Crippen molar-refractivity contribution in [2.75, 3.05) is 13.7 Å².